The van der Waals surface area contributed by atoms with Gasteiger partial charge in [-0.3, -0.25) is 14.5 Å². The van der Waals surface area contributed by atoms with Crippen molar-refractivity contribution in [2.24, 2.45) is 0 Å². The first-order chi connectivity index (χ1) is 18.2. The van der Waals surface area contributed by atoms with E-state index in [1.807, 2.05) is 0 Å². The second-order valence-electron chi connectivity index (χ2n) is 9.17. The third-order valence-corrected chi connectivity index (χ3v) is 7.10. The highest BCUT2D eigenvalue weighted by molar-refractivity contribution is 6.46. The number of aliphatic hydroxyl groups excluding tert-OH is 1. The summed E-state index contributed by atoms with van der Waals surface area (Å²) >= 11 is 0. The molecule has 3 heterocycles. The molecule has 2 N–H and O–H groups in total. The van der Waals surface area contributed by atoms with Crippen LogP contribution in [-0.4, -0.2) is 98.3 Å². The van der Waals surface area contributed by atoms with Gasteiger partial charge in [-0.05, 0) is 31.5 Å². The Morgan fingerprint density at radius 1 is 1.11 bits per heavy atom. The molecule has 2 fully saturated rings. The maximum atomic E-state index is 13.5. The Labute approximate surface area is 220 Å². The fourth-order valence-corrected chi connectivity index (χ4v) is 5.10. The van der Waals surface area contributed by atoms with E-state index in [2.05, 4.69) is 9.88 Å². The molecule has 4 rings (SSSR count). The number of Topliss-reactive ketones (excluding diaryl/α,β-unsaturated/α-hetero) is 1. The number of esters is 1. The summed E-state index contributed by atoms with van der Waals surface area (Å²) in [4.78, 5) is 45.7. The quantitative estimate of drug-likeness (QED) is 0.230. The van der Waals surface area contributed by atoms with E-state index < -0.39 is 23.7 Å². The number of ether oxygens (including phenoxy) is 4. The number of carbonyl (C=O) groups is 3. The third kappa shape index (κ3) is 4.86. The third-order valence-electron chi connectivity index (χ3n) is 7.10. The molecule has 0 saturated carbocycles. The van der Waals surface area contributed by atoms with Gasteiger partial charge in [0.05, 0.1) is 46.2 Å². The molecule has 2 saturated heterocycles. The van der Waals surface area contributed by atoms with E-state index in [4.69, 9.17) is 18.9 Å². The van der Waals surface area contributed by atoms with Crippen LogP contribution in [-0.2, 0) is 19.1 Å². The predicted molar refractivity (Wildman–Crippen MR) is 137 cm³/mol. The maximum Gasteiger partial charge on any atom is 0.354 e. The molecular weight excluding hydrogens is 494 g/mol. The zero-order chi connectivity index (χ0) is 27.6. The van der Waals surface area contributed by atoms with Gasteiger partial charge in [0.15, 0.2) is 0 Å². The highest BCUT2D eigenvalue weighted by Gasteiger charge is 2.47. The number of hydrogen-bond acceptors (Lipinski definition) is 9. The monoisotopic (exact) mass is 527 g/mol. The second kappa shape index (κ2) is 11.3. The number of ketones is 1. The van der Waals surface area contributed by atoms with Crippen LogP contribution >= 0.6 is 0 Å². The summed E-state index contributed by atoms with van der Waals surface area (Å²) in [5, 5.41) is 11.6. The van der Waals surface area contributed by atoms with Gasteiger partial charge in [-0.2, -0.15) is 0 Å². The lowest BCUT2D eigenvalue weighted by atomic mass is 9.93. The Balaban J connectivity index is 1.86. The molecule has 0 spiro atoms. The predicted octanol–water partition coefficient (Wildman–Crippen LogP) is 2.19. The van der Waals surface area contributed by atoms with Crippen molar-refractivity contribution < 1.29 is 38.4 Å². The van der Waals surface area contributed by atoms with Crippen LogP contribution in [0.5, 0.6) is 11.5 Å². The van der Waals surface area contributed by atoms with E-state index >= 15 is 0 Å². The van der Waals surface area contributed by atoms with Gasteiger partial charge in [0.2, 0.25) is 0 Å². The van der Waals surface area contributed by atoms with Gasteiger partial charge in [-0.1, -0.05) is 0 Å². The summed E-state index contributed by atoms with van der Waals surface area (Å²) in [5.74, 6) is -1.58. The van der Waals surface area contributed by atoms with Gasteiger partial charge < -0.3 is 33.9 Å². The molecule has 1 amide bonds. The Morgan fingerprint density at radius 2 is 1.82 bits per heavy atom. The number of methoxy groups -OCH3 is 3. The van der Waals surface area contributed by atoms with E-state index in [9.17, 15) is 19.5 Å². The molecule has 2 aliphatic heterocycles. The highest BCUT2D eigenvalue weighted by atomic mass is 16.5. The topological polar surface area (TPSA) is 131 Å². The summed E-state index contributed by atoms with van der Waals surface area (Å²) in [5.41, 5.74) is 1.74. The molecule has 1 unspecified atom stereocenters. The van der Waals surface area contributed by atoms with E-state index in [1.165, 1.54) is 26.2 Å². The largest absolute Gasteiger partial charge is 0.507 e. The summed E-state index contributed by atoms with van der Waals surface area (Å²) in [7, 11) is 4.27. The Hall–Kier alpha value is -3.83. The minimum atomic E-state index is -0.924. The van der Waals surface area contributed by atoms with Crippen molar-refractivity contribution in [1.29, 1.82) is 0 Å². The first kappa shape index (κ1) is 27.2. The number of aliphatic hydroxyl groups is 1. The summed E-state index contributed by atoms with van der Waals surface area (Å²) < 4.78 is 21.2. The number of H-pyrrole nitrogens is 1. The molecule has 1 atom stereocenters. The summed E-state index contributed by atoms with van der Waals surface area (Å²) in [6, 6.07) is 4.17. The molecule has 2 aromatic rings. The average Bonchev–Trinajstić information content (AvgIpc) is 3.37. The number of rotatable bonds is 8. The number of benzene rings is 1. The van der Waals surface area contributed by atoms with Crippen molar-refractivity contribution in [2.75, 3.05) is 60.7 Å². The second-order valence-corrected chi connectivity index (χ2v) is 9.17. The number of nitrogens with zero attached hydrogens (tertiary/aromatic N) is 2. The van der Waals surface area contributed by atoms with Crippen LogP contribution in [0.2, 0.25) is 0 Å². The minimum Gasteiger partial charge on any atom is -0.507 e. The SMILES string of the molecule is COC(=O)c1[nH]c(C)c(C(O)=C2C(=O)C(=O)N(CCN3CCOCC3)C2c2ccc(OC)cc2OC)c1C. The first-order valence-electron chi connectivity index (χ1n) is 12.3. The smallest absolute Gasteiger partial charge is 0.354 e. The molecule has 0 bridgehead atoms. The van der Waals surface area contributed by atoms with Crippen molar-refractivity contribution >= 4 is 23.4 Å². The molecule has 0 aliphatic carbocycles. The molecule has 0 radical (unpaired) electrons. The van der Waals surface area contributed by atoms with Crippen LogP contribution in [0.15, 0.2) is 23.8 Å². The number of morpholine rings is 1. The van der Waals surface area contributed by atoms with Crippen LogP contribution in [0.3, 0.4) is 0 Å². The zero-order valence-corrected chi connectivity index (χ0v) is 22.3. The molecule has 38 heavy (non-hydrogen) atoms. The van der Waals surface area contributed by atoms with Crippen molar-refractivity contribution in [3.8, 4) is 11.5 Å². The van der Waals surface area contributed by atoms with Crippen molar-refractivity contribution in [3.63, 3.8) is 0 Å². The Bertz CT molecular complexity index is 1280. The number of aromatic nitrogens is 1. The highest BCUT2D eigenvalue weighted by Crippen LogP contribution is 2.44. The standard InChI is InChI=1S/C27H33N3O8/c1-15-20(16(2)28-22(15)27(34)37-5)24(31)21-23(18-7-6-17(35-3)14-19(18)36-4)30(26(33)25(21)32)9-8-29-10-12-38-13-11-29/h6-7,14,23,28,31H,8-13H2,1-5H3. The lowest BCUT2D eigenvalue weighted by molar-refractivity contribution is -0.140. The van der Waals surface area contributed by atoms with E-state index in [0.717, 1.165) is 13.1 Å². The summed E-state index contributed by atoms with van der Waals surface area (Å²) in [6.45, 7) is 6.73. The van der Waals surface area contributed by atoms with Gasteiger partial charge in [-0.25, -0.2) is 4.79 Å². The minimum absolute atomic E-state index is 0.0814. The summed E-state index contributed by atoms with van der Waals surface area (Å²) in [6.07, 6.45) is 0. The fraction of sp³-hybridized carbons (Fsp3) is 0.444. The van der Waals surface area contributed by atoms with Gasteiger partial charge in [0, 0.05) is 49.1 Å². The number of aromatic amines is 1. The molecule has 1 aromatic carbocycles. The zero-order valence-electron chi connectivity index (χ0n) is 22.3. The molecular formula is C27H33N3O8. The fourth-order valence-electron chi connectivity index (χ4n) is 5.10. The van der Waals surface area contributed by atoms with E-state index in [0.29, 0.717) is 48.1 Å². The Kier molecular flexibility index (Phi) is 8.08. The van der Waals surface area contributed by atoms with E-state index in [-0.39, 0.29) is 29.1 Å². The molecule has 11 heteroatoms. The number of carbonyl (C=O) groups excluding carboxylic acids is 3. The van der Waals surface area contributed by atoms with Crippen LogP contribution in [0.25, 0.3) is 5.76 Å². The van der Waals surface area contributed by atoms with Gasteiger partial charge in [-0.15, -0.1) is 0 Å². The number of nitrogens with one attached hydrogen (secondary N) is 1. The number of hydrogen-bond donors (Lipinski definition) is 2. The van der Waals surface area contributed by atoms with Gasteiger partial charge in [0.25, 0.3) is 11.7 Å². The molecule has 11 nitrogen and oxygen atoms in total. The maximum absolute atomic E-state index is 13.5. The lowest BCUT2D eigenvalue weighted by Gasteiger charge is -2.31. The molecule has 2 aliphatic rings. The lowest BCUT2D eigenvalue weighted by Crippen LogP contribution is -2.42. The normalized spacial score (nSPS) is 19.6. The number of amides is 1. The van der Waals surface area contributed by atoms with Crippen LogP contribution in [0, 0.1) is 13.8 Å². The first-order valence-corrected chi connectivity index (χ1v) is 12.3. The van der Waals surface area contributed by atoms with Crippen molar-refractivity contribution in [1.82, 2.24) is 14.8 Å². The van der Waals surface area contributed by atoms with Gasteiger partial charge in [0.1, 0.15) is 23.0 Å². The Morgan fingerprint density at radius 3 is 2.45 bits per heavy atom. The van der Waals surface area contributed by atoms with Crippen molar-refractivity contribution in [3.05, 3.63) is 51.9 Å². The number of likely N-dealkylation sites (tertiary alicyclic amines) is 1. The van der Waals surface area contributed by atoms with Crippen LogP contribution < -0.4 is 9.47 Å². The van der Waals surface area contributed by atoms with E-state index in [1.54, 1.807) is 32.0 Å². The molecule has 204 valence electrons. The van der Waals surface area contributed by atoms with Crippen LogP contribution in [0.1, 0.15) is 38.9 Å². The van der Waals surface area contributed by atoms with Crippen LogP contribution in [0.4, 0.5) is 0 Å². The average molecular weight is 528 g/mol. The number of aryl methyl sites for hydroxylation is 1. The van der Waals surface area contributed by atoms with Gasteiger partial charge >= 0.3 is 5.97 Å². The molecule has 1 aromatic heterocycles. The van der Waals surface area contributed by atoms with Crippen molar-refractivity contribution in [2.45, 2.75) is 19.9 Å².